The number of hydrogen-bond acceptors (Lipinski definition) is 5. The van der Waals surface area contributed by atoms with E-state index in [0.29, 0.717) is 5.69 Å². The zero-order valence-corrected chi connectivity index (χ0v) is 13.1. The van der Waals surface area contributed by atoms with E-state index in [9.17, 15) is 8.42 Å². The number of nitrogens with one attached hydrogen (secondary N) is 2. The second-order valence-corrected chi connectivity index (χ2v) is 6.61. The standard InChI is InChI=1S/C13H15ClN4O2S/c1-8-4-3-5-9(2)12(8)18-21(19,20)10-6-11(14)13(17-15)16-7-10/h3-7,18H,15H2,1-2H3,(H,16,17). The molecule has 112 valence electrons. The monoisotopic (exact) mass is 326 g/mol. The molecule has 2 rings (SSSR count). The number of sulfonamides is 1. The lowest BCUT2D eigenvalue weighted by atomic mass is 10.1. The maximum atomic E-state index is 12.4. The first-order chi connectivity index (χ1) is 9.85. The lowest BCUT2D eigenvalue weighted by Gasteiger charge is -2.13. The van der Waals surface area contributed by atoms with E-state index >= 15 is 0 Å². The molecule has 8 heteroatoms. The number of rotatable bonds is 4. The third-order valence-electron chi connectivity index (χ3n) is 2.98. The Morgan fingerprint density at radius 2 is 1.86 bits per heavy atom. The third-order valence-corrected chi connectivity index (χ3v) is 4.59. The van der Waals surface area contributed by atoms with Gasteiger partial charge in [-0.1, -0.05) is 29.8 Å². The van der Waals surface area contributed by atoms with E-state index < -0.39 is 10.0 Å². The van der Waals surface area contributed by atoms with Gasteiger partial charge in [-0.2, -0.15) is 0 Å². The number of pyridine rings is 1. The van der Waals surface area contributed by atoms with Gasteiger partial charge < -0.3 is 5.43 Å². The molecule has 1 heterocycles. The van der Waals surface area contributed by atoms with E-state index in [1.165, 1.54) is 12.3 Å². The summed E-state index contributed by atoms with van der Waals surface area (Å²) < 4.78 is 27.4. The van der Waals surface area contributed by atoms with Crippen molar-refractivity contribution in [1.82, 2.24) is 4.98 Å². The van der Waals surface area contributed by atoms with Gasteiger partial charge in [0.25, 0.3) is 10.0 Å². The molecule has 1 aromatic heterocycles. The first-order valence-electron chi connectivity index (χ1n) is 6.06. The molecule has 0 saturated heterocycles. The highest BCUT2D eigenvalue weighted by Crippen LogP contribution is 2.26. The molecular formula is C13H15ClN4O2S. The molecule has 0 aliphatic carbocycles. The summed E-state index contributed by atoms with van der Waals surface area (Å²) in [5.41, 5.74) is 4.50. The fourth-order valence-corrected chi connectivity index (χ4v) is 3.30. The summed E-state index contributed by atoms with van der Waals surface area (Å²) in [5.74, 6) is 5.42. The Balaban J connectivity index is 2.41. The van der Waals surface area contributed by atoms with E-state index in [-0.39, 0.29) is 15.7 Å². The van der Waals surface area contributed by atoms with Crippen LogP contribution >= 0.6 is 11.6 Å². The summed E-state index contributed by atoms with van der Waals surface area (Å²) in [5, 5.41) is 0.127. The molecule has 0 unspecified atom stereocenters. The van der Waals surface area contributed by atoms with Gasteiger partial charge in [-0.15, -0.1) is 0 Å². The minimum atomic E-state index is -3.77. The van der Waals surface area contributed by atoms with Crippen LogP contribution in [0.1, 0.15) is 11.1 Å². The van der Waals surface area contributed by atoms with Gasteiger partial charge in [-0.25, -0.2) is 19.2 Å². The van der Waals surface area contributed by atoms with Crippen LogP contribution in [-0.2, 0) is 10.0 Å². The van der Waals surface area contributed by atoms with E-state index in [0.717, 1.165) is 11.1 Å². The molecular weight excluding hydrogens is 312 g/mol. The number of benzene rings is 1. The van der Waals surface area contributed by atoms with Crippen molar-refractivity contribution in [1.29, 1.82) is 0 Å². The number of nitrogens with two attached hydrogens (primary N) is 1. The Bertz CT molecular complexity index is 757. The van der Waals surface area contributed by atoms with Crippen molar-refractivity contribution in [3.05, 3.63) is 46.6 Å². The molecule has 6 nitrogen and oxygen atoms in total. The molecule has 21 heavy (non-hydrogen) atoms. The van der Waals surface area contributed by atoms with Crippen molar-refractivity contribution >= 4 is 33.1 Å². The molecule has 2 aromatic rings. The number of para-hydroxylation sites is 1. The quantitative estimate of drug-likeness (QED) is 0.592. The van der Waals surface area contributed by atoms with Gasteiger partial charge in [0.05, 0.1) is 10.7 Å². The minimum absolute atomic E-state index is 0.0332. The Labute approximate surface area is 128 Å². The molecule has 0 amide bonds. The SMILES string of the molecule is Cc1cccc(C)c1NS(=O)(=O)c1cnc(NN)c(Cl)c1. The number of hydrogen-bond donors (Lipinski definition) is 3. The highest BCUT2D eigenvalue weighted by atomic mass is 35.5. The summed E-state index contributed by atoms with van der Waals surface area (Å²) in [7, 11) is -3.77. The van der Waals surface area contributed by atoms with Crippen LogP contribution < -0.4 is 16.0 Å². The van der Waals surface area contributed by atoms with Gasteiger partial charge in [0, 0.05) is 6.20 Å². The second-order valence-electron chi connectivity index (χ2n) is 4.52. The van der Waals surface area contributed by atoms with Gasteiger partial charge in [0.15, 0.2) is 5.82 Å². The van der Waals surface area contributed by atoms with Crippen LogP contribution in [0.5, 0.6) is 0 Å². The van der Waals surface area contributed by atoms with E-state index in [2.05, 4.69) is 15.1 Å². The fraction of sp³-hybridized carbons (Fsp3) is 0.154. The summed E-state index contributed by atoms with van der Waals surface area (Å²) >= 11 is 5.90. The van der Waals surface area contributed by atoms with Crippen LogP contribution in [0.15, 0.2) is 35.4 Å². The molecule has 0 atom stereocenters. The summed E-state index contributed by atoms with van der Waals surface area (Å²) in [6, 6.07) is 6.82. The number of nitrogen functional groups attached to an aromatic ring is 1. The van der Waals surface area contributed by atoms with Crippen molar-refractivity contribution in [3.63, 3.8) is 0 Å². The Morgan fingerprint density at radius 1 is 1.24 bits per heavy atom. The molecule has 1 aromatic carbocycles. The van der Waals surface area contributed by atoms with Gasteiger partial charge in [-0.3, -0.25) is 4.72 Å². The van der Waals surface area contributed by atoms with Gasteiger partial charge >= 0.3 is 0 Å². The van der Waals surface area contributed by atoms with Crippen LogP contribution in [0.3, 0.4) is 0 Å². The van der Waals surface area contributed by atoms with Crippen LogP contribution in [0.25, 0.3) is 0 Å². The largest absolute Gasteiger partial charge is 0.307 e. The van der Waals surface area contributed by atoms with Crippen LogP contribution in [0.4, 0.5) is 11.5 Å². The lowest BCUT2D eigenvalue weighted by Crippen LogP contribution is -2.16. The zero-order chi connectivity index (χ0) is 15.6. The average Bonchev–Trinajstić information content (AvgIpc) is 2.43. The Morgan fingerprint density at radius 3 is 2.38 bits per heavy atom. The highest BCUT2D eigenvalue weighted by molar-refractivity contribution is 7.92. The maximum Gasteiger partial charge on any atom is 0.263 e. The van der Waals surface area contributed by atoms with Crippen molar-refractivity contribution in [3.8, 4) is 0 Å². The van der Waals surface area contributed by atoms with E-state index in [4.69, 9.17) is 17.4 Å². The van der Waals surface area contributed by atoms with E-state index in [1.807, 2.05) is 32.0 Å². The smallest absolute Gasteiger partial charge is 0.263 e. The summed E-state index contributed by atoms with van der Waals surface area (Å²) in [4.78, 5) is 3.83. The summed E-state index contributed by atoms with van der Waals surface area (Å²) in [6.45, 7) is 3.66. The number of anilines is 2. The first kappa shape index (κ1) is 15.6. The number of hydrazine groups is 1. The molecule has 0 aliphatic heterocycles. The minimum Gasteiger partial charge on any atom is -0.307 e. The van der Waals surface area contributed by atoms with E-state index in [1.54, 1.807) is 0 Å². The first-order valence-corrected chi connectivity index (χ1v) is 7.92. The molecule has 0 spiro atoms. The fourth-order valence-electron chi connectivity index (χ4n) is 1.84. The van der Waals surface area contributed by atoms with Crippen molar-refractivity contribution in [2.45, 2.75) is 18.7 Å². The molecule has 0 aliphatic rings. The second kappa shape index (κ2) is 5.88. The van der Waals surface area contributed by atoms with Crippen molar-refractivity contribution in [2.24, 2.45) is 5.84 Å². The predicted molar refractivity (Wildman–Crippen MR) is 83.8 cm³/mol. The molecule has 0 bridgehead atoms. The Hall–Kier alpha value is -1.83. The van der Waals surface area contributed by atoms with Gasteiger partial charge in [-0.05, 0) is 31.0 Å². The van der Waals surface area contributed by atoms with Gasteiger partial charge in [0.2, 0.25) is 0 Å². The third kappa shape index (κ3) is 3.26. The maximum absolute atomic E-state index is 12.4. The lowest BCUT2D eigenvalue weighted by molar-refractivity contribution is 0.600. The van der Waals surface area contributed by atoms with Crippen molar-refractivity contribution < 1.29 is 8.42 Å². The molecule has 0 radical (unpaired) electrons. The normalized spacial score (nSPS) is 11.2. The van der Waals surface area contributed by atoms with Gasteiger partial charge in [0.1, 0.15) is 4.90 Å². The summed E-state index contributed by atoms with van der Waals surface area (Å²) in [6.07, 6.45) is 1.19. The predicted octanol–water partition coefficient (Wildman–Crippen LogP) is 2.44. The van der Waals surface area contributed by atoms with Crippen LogP contribution in [-0.4, -0.2) is 13.4 Å². The Kier molecular flexibility index (Phi) is 4.36. The average molecular weight is 327 g/mol. The number of aryl methyl sites for hydroxylation is 2. The molecule has 4 N–H and O–H groups in total. The topological polar surface area (TPSA) is 97.1 Å². The molecule has 0 fully saturated rings. The number of halogens is 1. The number of nitrogens with zero attached hydrogens (tertiary/aromatic N) is 1. The number of aromatic nitrogens is 1. The zero-order valence-electron chi connectivity index (χ0n) is 11.5. The highest BCUT2D eigenvalue weighted by Gasteiger charge is 2.18. The van der Waals surface area contributed by atoms with Crippen LogP contribution in [0, 0.1) is 13.8 Å². The van der Waals surface area contributed by atoms with Crippen molar-refractivity contribution in [2.75, 3.05) is 10.1 Å². The van der Waals surface area contributed by atoms with Crippen LogP contribution in [0.2, 0.25) is 5.02 Å². The molecule has 0 saturated carbocycles.